The maximum absolute atomic E-state index is 12.8. The van der Waals surface area contributed by atoms with Gasteiger partial charge in [-0.15, -0.1) is 0 Å². The molecule has 6 heteroatoms. The molecular formula is C20H22N4OS. The van der Waals surface area contributed by atoms with Crippen molar-refractivity contribution in [1.29, 1.82) is 0 Å². The molecule has 1 fully saturated rings. The molecule has 0 saturated carbocycles. The smallest absolute Gasteiger partial charge is 0.254 e. The average Bonchev–Trinajstić information content (AvgIpc) is 3.12. The molecule has 0 bridgehead atoms. The van der Waals surface area contributed by atoms with E-state index in [1.165, 1.54) is 4.70 Å². The molecule has 1 aromatic heterocycles. The number of carbonyl (C=O) groups is 1. The molecule has 0 atom stereocenters. The van der Waals surface area contributed by atoms with Crippen LogP contribution >= 0.6 is 11.3 Å². The zero-order valence-electron chi connectivity index (χ0n) is 15.1. The van der Waals surface area contributed by atoms with E-state index in [9.17, 15) is 4.79 Å². The number of amides is 1. The van der Waals surface area contributed by atoms with E-state index < -0.39 is 0 Å². The number of para-hydroxylation sites is 1. The van der Waals surface area contributed by atoms with Crippen LogP contribution in [-0.4, -0.2) is 56.1 Å². The molecule has 0 spiro atoms. The van der Waals surface area contributed by atoms with Crippen LogP contribution < -0.4 is 9.80 Å². The van der Waals surface area contributed by atoms with Crippen LogP contribution in [0.1, 0.15) is 10.4 Å². The molecule has 1 amide bonds. The highest BCUT2D eigenvalue weighted by Gasteiger charge is 2.24. The van der Waals surface area contributed by atoms with E-state index in [1.54, 1.807) is 11.3 Å². The topological polar surface area (TPSA) is 39.7 Å². The number of anilines is 2. The van der Waals surface area contributed by atoms with Gasteiger partial charge < -0.3 is 14.7 Å². The zero-order valence-corrected chi connectivity index (χ0v) is 15.9. The summed E-state index contributed by atoms with van der Waals surface area (Å²) in [4.78, 5) is 23.8. The second kappa shape index (κ2) is 6.96. The Bertz CT molecular complexity index is 895. The number of piperazine rings is 1. The summed E-state index contributed by atoms with van der Waals surface area (Å²) in [5.41, 5.74) is 2.85. The predicted molar refractivity (Wildman–Crippen MR) is 109 cm³/mol. The lowest BCUT2D eigenvalue weighted by molar-refractivity contribution is 0.0747. The first kappa shape index (κ1) is 16.8. The first-order chi connectivity index (χ1) is 12.6. The predicted octanol–water partition coefficient (Wildman–Crippen LogP) is 3.32. The molecular weight excluding hydrogens is 344 g/mol. The second-order valence-corrected chi connectivity index (χ2v) is 7.70. The van der Waals surface area contributed by atoms with Gasteiger partial charge in [-0.1, -0.05) is 29.5 Å². The molecule has 26 heavy (non-hydrogen) atoms. The Morgan fingerprint density at radius 2 is 1.81 bits per heavy atom. The fourth-order valence-electron chi connectivity index (χ4n) is 3.20. The number of nitrogens with zero attached hydrogens (tertiary/aromatic N) is 4. The van der Waals surface area contributed by atoms with Gasteiger partial charge in [0.15, 0.2) is 5.13 Å². The number of benzene rings is 2. The van der Waals surface area contributed by atoms with Crippen molar-refractivity contribution in [2.24, 2.45) is 0 Å². The third-order valence-corrected chi connectivity index (χ3v) is 5.83. The van der Waals surface area contributed by atoms with E-state index in [2.05, 4.69) is 11.0 Å². The normalized spacial score (nSPS) is 14.7. The van der Waals surface area contributed by atoms with Crippen molar-refractivity contribution < 1.29 is 4.79 Å². The second-order valence-electron chi connectivity index (χ2n) is 6.69. The van der Waals surface area contributed by atoms with Crippen molar-refractivity contribution in [3.8, 4) is 0 Å². The van der Waals surface area contributed by atoms with Gasteiger partial charge in [0, 0.05) is 51.5 Å². The van der Waals surface area contributed by atoms with Crippen molar-refractivity contribution in [2.45, 2.75) is 0 Å². The molecule has 0 aliphatic carbocycles. The lowest BCUT2D eigenvalue weighted by Crippen LogP contribution is -2.48. The Labute approximate surface area is 157 Å². The van der Waals surface area contributed by atoms with E-state index in [0.29, 0.717) is 0 Å². The van der Waals surface area contributed by atoms with Gasteiger partial charge in [-0.2, -0.15) is 0 Å². The standard InChI is InChI=1S/C20H22N4OS/c1-22(2)16-7-5-6-15(14-16)19(25)23-10-12-24(13-11-23)20-21-17-8-3-4-9-18(17)26-20/h3-9,14H,10-13H2,1-2H3. The summed E-state index contributed by atoms with van der Waals surface area (Å²) in [6, 6.07) is 16.0. The molecule has 0 radical (unpaired) electrons. The maximum Gasteiger partial charge on any atom is 0.254 e. The third kappa shape index (κ3) is 3.24. The van der Waals surface area contributed by atoms with Gasteiger partial charge in [-0.05, 0) is 30.3 Å². The molecule has 1 saturated heterocycles. The van der Waals surface area contributed by atoms with Gasteiger partial charge in [-0.25, -0.2) is 4.98 Å². The van der Waals surface area contributed by atoms with Crippen molar-refractivity contribution in [3.05, 3.63) is 54.1 Å². The molecule has 1 aliphatic rings. The number of fused-ring (bicyclic) bond motifs is 1. The molecule has 2 heterocycles. The van der Waals surface area contributed by atoms with Crippen molar-refractivity contribution in [1.82, 2.24) is 9.88 Å². The minimum absolute atomic E-state index is 0.109. The molecule has 134 valence electrons. The summed E-state index contributed by atoms with van der Waals surface area (Å²) < 4.78 is 1.21. The minimum atomic E-state index is 0.109. The minimum Gasteiger partial charge on any atom is -0.378 e. The van der Waals surface area contributed by atoms with Crippen molar-refractivity contribution in [3.63, 3.8) is 0 Å². The monoisotopic (exact) mass is 366 g/mol. The lowest BCUT2D eigenvalue weighted by Gasteiger charge is -2.34. The first-order valence-electron chi connectivity index (χ1n) is 8.79. The largest absolute Gasteiger partial charge is 0.378 e. The number of rotatable bonds is 3. The van der Waals surface area contributed by atoms with Crippen LogP contribution in [0.25, 0.3) is 10.2 Å². The van der Waals surface area contributed by atoms with E-state index in [4.69, 9.17) is 4.98 Å². The molecule has 4 rings (SSSR count). The number of hydrogen-bond donors (Lipinski definition) is 0. The Morgan fingerprint density at radius 1 is 1.04 bits per heavy atom. The number of aromatic nitrogens is 1. The van der Waals surface area contributed by atoms with Gasteiger partial charge in [0.2, 0.25) is 0 Å². The van der Waals surface area contributed by atoms with Gasteiger partial charge in [0.1, 0.15) is 0 Å². The Hall–Kier alpha value is -2.60. The van der Waals surface area contributed by atoms with Crippen molar-refractivity contribution >= 4 is 38.3 Å². The van der Waals surface area contributed by atoms with Crippen LogP contribution in [0.2, 0.25) is 0 Å². The summed E-state index contributed by atoms with van der Waals surface area (Å²) in [5, 5.41) is 1.05. The average molecular weight is 366 g/mol. The van der Waals surface area contributed by atoms with Gasteiger partial charge >= 0.3 is 0 Å². The van der Waals surface area contributed by atoms with Crippen LogP contribution in [0.4, 0.5) is 10.8 Å². The number of hydrogen-bond acceptors (Lipinski definition) is 5. The van der Waals surface area contributed by atoms with Gasteiger partial charge in [-0.3, -0.25) is 4.79 Å². The molecule has 5 nitrogen and oxygen atoms in total. The van der Waals surface area contributed by atoms with Crippen molar-refractivity contribution in [2.75, 3.05) is 50.1 Å². The molecule has 2 aromatic carbocycles. The van der Waals surface area contributed by atoms with Crippen LogP contribution in [0, 0.1) is 0 Å². The third-order valence-electron chi connectivity index (χ3n) is 4.73. The molecule has 0 unspecified atom stereocenters. The maximum atomic E-state index is 12.8. The zero-order chi connectivity index (χ0) is 18.1. The summed E-state index contributed by atoms with van der Waals surface area (Å²) in [6.07, 6.45) is 0. The van der Waals surface area contributed by atoms with E-state index in [0.717, 1.165) is 48.1 Å². The molecule has 1 aliphatic heterocycles. The Balaban J connectivity index is 1.44. The molecule has 3 aromatic rings. The highest BCUT2D eigenvalue weighted by Crippen LogP contribution is 2.29. The Morgan fingerprint density at radius 3 is 2.54 bits per heavy atom. The Kier molecular flexibility index (Phi) is 4.51. The van der Waals surface area contributed by atoms with Crippen LogP contribution in [-0.2, 0) is 0 Å². The van der Waals surface area contributed by atoms with Gasteiger partial charge in [0.05, 0.1) is 10.2 Å². The molecule has 0 N–H and O–H groups in total. The lowest BCUT2D eigenvalue weighted by atomic mass is 10.1. The fourth-order valence-corrected chi connectivity index (χ4v) is 4.21. The van der Waals surface area contributed by atoms with E-state index in [1.807, 2.05) is 66.4 Å². The highest BCUT2D eigenvalue weighted by molar-refractivity contribution is 7.22. The summed E-state index contributed by atoms with van der Waals surface area (Å²) in [7, 11) is 3.97. The van der Waals surface area contributed by atoms with Gasteiger partial charge in [0.25, 0.3) is 5.91 Å². The van der Waals surface area contributed by atoms with Crippen LogP contribution in [0.5, 0.6) is 0 Å². The van der Waals surface area contributed by atoms with Crippen LogP contribution in [0.15, 0.2) is 48.5 Å². The quantitative estimate of drug-likeness (QED) is 0.713. The number of thiazole rings is 1. The summed E-state index contributed by atoms with van der Waals surface area (Å²) in [6.45, 7) is 3.08. The SMILES string of the molecule is CN(C)c1cccc(C(=O)N2CCN(c3nc4ccccc4s3)CC2)c1. The van der Waals surface area contributed by atoms with Crippen LogP contribution in [0.3, 0.4) is 0 Å². The number of carbonyl (C=O) groups excluding carboxylic acids is 1. The first-order valence-corrected chi connectivity index (χ1v) is 9.60. The summed E-state index contributed by atoms with van der Waals surface area (Å²) >= 11 is 1.72. The summed E-state index contributed by atoms with van der Waals surface area (Å²) in [5.74, 6) is 0.109. The van der Waals surface area contributed by atoms with E-state index >= 15 is 0 Å². The highest BCUT2D eigenvalue weighted by atomic mass is 32.1. The van der Waals surface area contributed by atoms with E-state index in [-0.39, 0.29) is 5.91 Å². The fraction of sp³-hybridized carbons (Fsp3) is 0.300.